The van der Waals surface area contributed by atoms with Gasteiger partial charge in [0.2, 0.25) is 5.91 Å². The molecule has 4 heteroatoms. The molecule has 1 unspecified atom stereocenters. The lowest BCUT2D eigenvalue weighted by molar-refractivity contribution is -0.145. The summed E-state index contributed by atoms with van der Waals surface area (Å²) in [5.74, 6) is 0.345. The van der Waals surface area contributed by atoms with Crippen molar-refractivity contribution in [3.63, 3.8) is 0 Å². The summed E-state index contributed by atoms with van der Waals surface area (Å²) in [7, 11) is -1.70. The predicted molar refractivity (Wildman–Crippen MR) is 88.5 cm³/mol. The maximum atomic E-state index is 12.4. The van der Waals surface area contributed by atoms with E-state index in [9.17, 15) is 4.79 Å². The quantitative estimate of drug-likeness (QED) is 0.613. The Bertz CT molecular complexity index is 493. The third kappa shape index (κ3) is 3.38. The largest absolute Gasteiger partial charge is 0.376 e. The van der Waals surface area contributed by atoms with Gasteiger partial charge < -0.3 is 9.30 Å². The average Bonchev–Trinajstić information content (AvgIpc) is 2.41. The van der Waals surface area contributed by atoms with Crippen LogP contribution in [0.25, 0.3) is 0 Å². The second-order valence-corrected chi connectivity index (χ2v) is 12.6. The van der Waals surface area contributed by atoms with Crippen LogP contribution in [0.2, 0.25) is 18.1 Å². The highest BCUT2D eigenvalue weighted by atomic mass is 28.3. The van der Waals surface area contributed by atoms with Crippen LogP contribution in [0.15, 0.2) is 30.3 Å². The monoisotopic (exact) mass is 305 g/mol. The van der Waals surface area contributed by atoms with Gasteiger partial charge in [-0.3, -0.25) is 4.79 Å². The van der Waals surface area contributed by atoms with Crippen LogP contribution >= 0.6 is 0 Å². The van der Waals surface area contributed by atoms with Crippen LogP contribution in [0.5, 0.6) is 0 Å². The van der Waals surface area contributed by atoms with E-state index in [0.717, 1.165) is 12.1 Å². The molecular formula is C17H27NO2Si. The summed E-state index contributed by atoms with van der Waals surface area (Å²) in [6.45, 7) is 13.3. The minimum absolute atomic E-state index is 0.0582. The number of hydrogen-bond acceptors (Lipinski definition) is 2. The highest BCUT2D eigenvalue weighted by Crippen LogP contribution is 2.41. The van der Waals surface area contributed by atoms with Gasteiger partial charge in [0.15, 0.2) is 8.24 Å². The van der Waals surface area contributed by atoms with E-state index in [-0.39, 0.29) is 16.9 Å². The van der Waals surface area contributed by atoms with E-state index in [1.54, 1.807) is 0 Å². The molecule has 0 bridgehead atoms. The Labute approximate surface area is 129 Å². The molecule has 0 radical (unpaired) electrons. The molecule has 1 amide bonds. The van der Waals surface area contributed by atoms with Crippen LogP contribution in [-0.2, 0) is 16.1 Å². The second-order valence-electron chi connectivity index (χ2n) is 7.46. The van der Waals surface area contributed by atoms with Gasteiger partial charge in [-0.05, 0) is 10.6 Å². The maximum absolute atomic E-state index is 12.4. The molecule has 21 heavy (non-hydrogen) atoms. The lowest BCUT2D eigenvalue weighted by Gasteiger charge is -2.53. The zero-order valence-electron chi connectivity index (χ0n) is 13.8. The Morgan fingerprint density at radius 3 is 2.38 bits per heavy atom. The zero-order chi connectivity index (χ0) is 15.7. The summed E-state index contributed by atoms with van der Waals surface area (Å²) in [5.41, 5.74) is 1.16. The fraction of sp³-hybridized carbons (Fsp3) is 0.588. The number of benzene rings is 1. The fourth-order valence-corrected chi connectivity index (χ4v) is 4.64. The van der Waals surface area contributed by atoms with Gasteiger partial charge in [-0.1, -0.05) is 64.2 Å². The molecule has 1 heterocycles. The number of carbonyl (C=O) groups excluding carboxylic acids is 1. The van der Waals surface area contributed by atoms with Crippen LogP contribution in [0.1, 0.15) is 26.3 Å². The molecule has 116 valence electrons. The highest BCUT2D eigenvalue weighted by Gasteiger charge is 2.50. The van der Waals surface area contributed by atoms with Gasteiger partial charge in [0.1, 0.15) is 0 Å². The normalized spacial score (nSPS) is 19.6. The van der Waals surface area contributed by atoms with E-state index < -0.39 is 8.24 Å². The Morgan fingerprint density at radius 2 is 1.86 bits per heavy atom. The van der Waals surface area contributed by atoms with Crippen molar-refractivity contribution >= 4 is 14.1 Å². The molecule has 1 atom stereocenters. The standard InChI is InChI=1S/C17H27NO2Si/c1-17(2,3)21(4,5)18-11-15(16(18)19)13-20-12-14-9-7-6-8-10-14/h6-10,15H,11-13H2,1-5H3. The Hall–Kier alpha value is -1.13. The van der Waals surface area contributed by atoms with Gasteiger partial charge in [-0.15, -0.1) is 0 Å². The molecular weight excluding hydrogens is 278 g/mol. The Morgan fingerprint density at radius 1 is 1.24 bits per heavy atom. The van der Waals surface area contributed by atoms with Crippen molar-refractivity contribution in [1.82, 2.24) is 4.57 Å². The van der Waals surface area contributed by atoms with Gasteiger partial charge in [0.25, 0.3) is 0 Å². The number of β-lactam (4-membered cyclic amide) rings is 1. The van der Waals surface area contributed by atoms with Crippen LogP contribution in [0, 0.1) is 5.92 Å². The van der Waals surface area contributed by atoms with Crippen LogP contribution in [0.3, 0.4) is 0 Å². The summed E-state index contributed by atoms with van der Waals surface area (Å²) in [4.78, 5) is 12.4. The van der Waals surface area contributed by atoms with Crippen molar-refractivity contribution in [2.75, 3.05) is 13.2 Å². The van der Waals surface area contributed by atoms with E-state index in [1.807, 2.05) is 30.3 Å². The van der Waals surface area contributed by atoms with Gasteiger partial charge in [-0.25, -0.2) is 0 Å². The van der Waals surface area contributed by atoms with Crippen molar-refractivity contribution in [2.24, 2.45) is 5.92 Å². The molecule has 1 fully saturated rings. The number of hydrogen-bond donors (Lipinski definition) is 0. The van der Waals surface area contributed by atoms with Crippen molar-refractivity contribution in [1.29, 1.82) is 0 Å². The van der Waals surface area contributed by atoms with Gasteiger partial charge in [-0.2, -0.15) is 0 Å². The van der Waals surface area contributed by atoms with E-state index in [1.165, 1.54) is 0 Å². The smallest absolute Gasteiger partial charge is 0.221 e. The molecule has 0 spiro atoms. The summed E-state index contributed by atoms with van der Waals surface area (Å²) in [5, 5.41) is 0.207. The van der Waals surface area contributed by atoms with Gasteiger partial charge >= 0.3 is 0 Å². The molecule has 2 rings (SSSR count). The molecule has 0 aliphatic carbocycles. The molecule has 0 N–H and O–H groups in total. The second kappa shape index (κ2) is 5.93. The van der Waals surface area contributed by atoms with Crippen LogP contribution in [0.4, 0.5) is 0 Å². The summed E-state index contributed by atoms with van der Waals surface area (Å²) in [6.07, 6.45) is 0. The Balaban J connectivity index is 1.81. The Kier molecular flexibility index (Phi) is 4.59. The van der Waals surface area contributed by atoms with Gasteiger partial charge in [0.05, 0.1) is 19.1 Å². The minimum atomic E-state index is -1.70. The van der Waals surface area contributed by atoms with Crippen molar-refractivity contribution in [2.45, 2.75) is 45.5 Å². The van der Waals surface area contributed by atoms with E-state index >= 15 is 0 Å². The number of ether oxygens (including phenoxy) is 1. The first-order valence-electron chi connectivity index (χ1n) is 7.66. The molecule has 1 aromatic rings. The molecule has 0 saturated carbocycles. The first kappa shape index (κ1) is 16.2. The topological polar surface area (TPSA) is 29.5 Å². The van der Waals surface area contributed by atoms with Crippen molar-refractivity contribution in [3.05, 3.63) is 35.9 Å². The summed E-state index contributed by atoms with van der Waals surface area (Å²) >= 11 is 0. The molecule has 1 aliphatic heterocycles. The van der Waals surface area contributed by atoms with E-state index in [4.69, 9.17) is 4.74 Å². The number of nitrogens with zero attached hydrogens (tertiary/aromatic N) is 1. The molecule has 3 nitrogen and oxygen atoms in total. The SMILES string of the molecule is CC(C)(C)[Si](C)(C)N1CC(COCc2ccccc2)C1=O. The van der Waals surface area contributed by atoms with Crippen LogP contribution < -0.4 is 0 Å². The zero-order valence-corrected chi connectivity index (χ0v) is 14.8. The molecule has 0 aromatic heterocycles. The summed E-state index contributed by atoms with van der Waals surface area (Å²) < 4.78 is 7.84. The number of amides is 1. The minimum Gasteiger partial charge on any atom is -0.376 e. The first-order chi connectivity index (χ1) is 9.73. The van der Waals surface area contributed by atoms with E-state index in [0.29, 0.717) is 13.2 Å². The highest BCUT2D eigenvalue weighted by molar-refractivity contribution is 6.79. The number of rotatable bonds is 5. The average molecular weight is 305 g/mol. The summed E-state index contributed by atoms with van der Waals surface area (Å²) in [6, 6.07) is 10.1. The molecule has 1 aliphatic rings. The maximum Gasteiger partial charge on any atom is 0.221 e. The lowest BCUT2D eigenvalue weighted by Crippen LogP contribution is -2.68. The van der Waals surface area contributed by atoms with E-state index in [2.05, 4.69) is 38.4 Å². The van der Waals surface area contributed by atoms with Crippen molar-refractivity contribution in [3.8, 4) is 0 Å². The molecule has 1 aromatic carbocycles. The number of carbonyl (C=O) groups is 1. The molecule has 1 saturated heterocycles. The predicted octanol–water partition coefficient (Wildman–Crippen LogP) is 3.67. The third-order valence-corrected chi connectivity index (χ3v) is 10.4. The first-order valence-corrected chi connectivity index (χ1v) is 10.6. The fourth-order valence-electron chi connectivity index (χ4n) is 2.42. The lowest BCUT2D eigenvalue weighted by atomic mass is 10.0. The van der Waals surface area contributed by atoms with Crippen LogP contribution in [-0.4, -0.2) is 31.9 Å². The van der Waals surface area contributed by atoms with Crippen molar-refractivity contribution < 1.29 is 9.53 Å². The third-order valence-electron chi connectivity index (χ3n) is 4.96. The van der Waals surface area contributed by atoms with Gasteiger partial charge in [0, 0.05) is 6.54 Å².